The highest BCUT2D eigenvalue weighted by atomic mass is 19.1. The van der Waals surface area contributed by atoms with E-state index in [2.05, 4.69) is 5.10 Å². The third-order valence-corrected chi connectivity index (χ3v) is 3.39. The fourth-order valence-electron chi connectivity index (χ4n) is 2.27. The van der Waals surface area contributed by atoms with Crippen molar-refractivity contribution in [1.82, 2.24) is 9.78 Å². The monoisotopic (exact) mass is 292 g/mol. The lowest BCUT2D eigenvalue weighted by Crippen LogP contribution is -2.13. The van der Waals surface area contributed by atoms with Gasteiger partial charge in [-0.3, -0.25) is 9.48 Å². The van der Waals surface area contributed by atoms with Crippen molar-refractivity contribution in [3.8, 4) is 0 Å². The van der Waals surface area contributed by atoms with Crippen molar-refractivity contribution in [3.63, 3.8) is 0 Å². The summed E-state index contributed by atoms with van der Waals surface area (Å²) >= 11 is 0. The lowest BCUT2D eigenvalue weighted by Gasteiger charge is -2.06. The number of carbonyl (C=O) groups excluding carboxylic acids is 1. The molecule has 1 heterocycles. The van der Waals surface area contributed by atoms with Crippen LogP contribution in [0.5, 0.6) is 0 Å². The molecule has 3 nitrogen and oxygen atoms in total. The van der Waals surface area contributed by atoms with Gasteiger partial charge in [-0.1, -0.05) is 13.0 Å². The van der Waals surface area contributed by atoms with Crippen LogP contribution in [0, 0.1) is 11.6 Å². The lowest BCUT2D eigenvalue weighted by molar-refractivity contribution is -0.118. The van der Waals surface area contributed by atoms with Crippen molar-refractivity contribution in [2.24, 2.45) is 0 Å². The Kier molecular flexibility index (Phi) is 4.83. The molecule has 0 aliphatic heterocycles. The zero-order chi connectivity index (χ0) is 15.4. The number of aromatic nitrogens is 2. The van der Waals surface area contributed by atoms with Gasteiger partial charge in [-0.15, -0.1) is 0 Å². The number of rotatable bonds is 6. The first-order chi connectivity index (χ1) is 10.0. The standard InChI is InChI=1S/C16H18F2N2O/c1-3-11-8-12(20(4-2)19-11)9-13(21)10-14-15(17)6-5-7-16(14)18/h5-8H,3-4,9-10H2,1-2H3. The molecule has 0 saturated carbocycles. The fourth-order valence-corrected chi connectivity index (χ4v) is 2.27. The van der Waals surface area contributed by atoms with E-state index >= 15 is 0 Å². The highest BCUT2D eigenvalue weighted by Gasteiger charge is 2.15. The molecule has 2 rings (SSSR count). The predicted molar refractivity (Wildman–Crippen MR) is 76.1 cm³/mol. The van der Waals surface area contributed by atoms with Gasteiger partial charge in [0.25, 0.3) is 0 Å². The number of halogens is 2. The second kappa shape index (κ2) is 6.61. The molecule has 2 aromatic rings. The Hall–Kier alpha value is -2.04. The van der Waals surface area contributed by atoms with E-state index in [0.29, 0.717) is 6.54 Å². The van der Waals surface area contributed by atoms with Crippen LogP contribution in [-0.4, -0.2) is 15.6 Å². The van der Waals surface area contributed by atoms with E-state index in [1.54, 1.807) is 4.68 Å². The van der Waals surface area contributed by atoms with Crippen LogP contribution in [0.1, 0.15) is 30.8 Å². The topological polar surface area (TPSA) is 34.9 Å². The van der Waals surface area contributed by atoms with Crippen LogP contribution in [0.15, 0.2) is 24.3 Å². The van der Waals surface area contributed by atoms with Crippen molar-refractivity contribution >= 4 is 5.78 Å². The molecule has 0 radical (unpaired) electrons. The van der Waals surface area contributed by atoms with E-state index < -0.39 is 11.6 Å². The van der Waals surface area contributed by atoms with Crippen LogP contribution >= 0.6 is 0 Å². The van der Waals surface area contributed by atoms with Gasteiger partial charge >= 0.3 is 0 Å². The molecule has 1 aromatic heterocycles. The summed E-state index contributed by atoms with van der Waals surface area (Å²) in [5.74, 6) is -1.58. The Bertz CT molecular complexity index is 629. The molecule has 0 saturated heterocycles. The Morgan fingerprint density at radius 3 is 2.43 bits per heavy atom. The Morgan fingerprint density at radius 1 is 1.19 bits per heavy atom. The molecule has 0 amide bonds. The maximum Gasteiger partial charge on any atom is 0.143 e. The zero-order valence-corrected chi connectivity index (χ0v) is 12.2. The second-order valence-corrected chi connectivity index (χ2v) is 4.89. The molecule has 5 heteroatoms. The van der Waals surface area contributed by atoms with E-state index in [-0.39, 0.29) is 24.2 Å². The predicted octanol–water partition coefficient (Wildman–Crippen LogP) is 3.10. The number of hydrogen-bond acceptors (Lipinski definition) is 2. The van der Waals surface area contributed by atoms with E-state index in [1.807, 2.05) is 19.9 Å². The first kappa shape index (κ1) is 15.4. The van der Waals surface area contributed by atoms with Gasteiger partial charge in [0.15, 0.2) is 0 Å². The summed E-state index contributed by atoms with van der Waals surface area (Å²) in [4.78, 5) is 12.1. The SMILES string of the molecule is CCc1cc(CC(=O)Cc2c(F)cccc2F)n(CC)n1. The van der Waals surface area contributed by atoms with E-state index in [0.717, 1.165) is 29.9 Å². The highest BCUT2D eigenvalue weighted by Crippen LogP contribution is 2.15. The van der Waals surface area contributed by atoms with Crippen LogP contribution in [0.4, 0.5) is 8.78 Å². The Morgan fingerprint density at radius 2 is 1.86 bits per heavy atom. The number of Topliss-reactive ketones (excluding diaryl/α,β-unsaturated/α-hetero) is 1. The van der Waals surface area contributed by atoms with Crippen molar-refractivity contribution in [2.45, 2.75) is 39.7 Å². The number of hydrogen-bond donors (Lipinski definition) is 0. The summed E-state index contributed by atoms with van der Waals surface area (Å²) in [6, 6.07) is 5.49. The minimum Gasteiger partial charge on any atom is -0.299 e. The number of carbonyl (C=O) groups is 1. The second-order valence-electron chi connectivity index (χ2n) is 4.89. The molecule has 0 spiro atoms. The molecule has 0 unspecified atom stereocenters. The normalized spacial score (nSPS) is 10.9. The van der Waals surface area contributed by atoms with Crippen LogP contribution in [0.2, 0.25) is 0 Å². The van der Waals surface area contributed by atoms with Gasteiger partial charge in [0.05, 0.1) is 5.69 Å². The molecule has 112 valence electrons. The minimum atomic E-state index is -0.679. The molecule has 0 N–H and O–H groups in total. The smallest absolute Gasteiger partial charge is 0.143 e. The molecule has 21 heavy (non-hydrogen) atoms. The first-order valence-corrected chi connectivity index (χ1v) is 7.05. The molecule has 1 aromatic carbocycles. The zero-order valence-electron chi connectivity index (χ0n) is 12.2. The van der Waals surface area contributed by atoms with Crippen LogP contribution in [0.25, 0.3) is 0 Å². The highest BCUT2D eigenvalue weighted by molar-refractivity contribution is 5.82. The maximum atomic E-state index is 13.5. The fraction of sp³-hybridized carbons (Fsp3) is 0.375. The lowest BCUT2D eigenvalue weighted by atomic mass is 10.0. The average molecular weight is 292 g/mol. The van der Waals surface area contributed by atoms with E-state index in [1.165, 1.54) is 6.07 Å². The number of benzene rings is 1. The summed E-state index contributed by atoms with van der Waals surface area (Å²) in [5.41, 5.74) is 1.54. The van der Waals surface area contributed by atoms with Gasteiger partial charge in [-0.25, -0.2) is 8.78 Å². The van der Waals surface area contributed by atoms with Crippen molar-refractivity contribution in [2.75, 3.05) is 0 Å². The van der Waals surface area contributed by atoms with Gasteiger partial charge in [-0.2, -0.15) is 5.10 Å². The van der Waals surface area contributed by atoms with Gasteiger partial charge in [0, 0.05) is 30.6 Å². The number of aryl methyl sites for hydroxylation is 2. The molecular formula is C16H18F2N2O. The first-order valence-electron chi connectivity index (χ1n) is 7.05. The van der Waals surface area contributed by atoms with E-state index in [4.69, 9.17) is 0 Å². The minimum absolute atomic E-state index is 0.134. The summed E-state index contributed by atoms with van der Waals surface area (Å²) in [7, 11) is 0. The van der Waals surface area contributed by atoms with Gasteiger partial charge in [0.2, 0.25) is 0 Å². The van der Waals surface area contributed by atoms with Crippen molar-refractivity contribution < 1.29 is 13.6 Å². The molecule has 0 fully saturated rings. The molecule has 0 bridgehead atoms. The summed E-state index contributed by atoms with van der Waals surface area (Å²) in [5, 5.41) is 4.36. The van der Waals surface area contributed by atoms with Crippen LogP contribution in [0.3, 0.4) is 0 Å². The third kappa shape index (κ3) is 3.54. The van der Waals surface area contributed by atoms with Crippen LogP contribution < -0.4 is 0 Å². The average Bonchev–Trinajstić information content (AvgIpc) is 2.85. The number of nitrogens with zero attached hydrogens (tertiary/aromatic N) is 2. The molecule has 0 atom stereocenters. The number of ketones is 1. The summed E-state index contributed by atoms with van der Waals surface area (Å²) in [6.07, 6.45) is 0.680. The largest absolute Gasteiger partial charge is 0.299 e. The van der Waals surface area contributed by atoms with Crippen LogP contribution in [-0.2, 0) is 30.6 Å². The van der Waals surface area contributed by atoms with Gasteiger partial charge in [0.1, 0.15) is 17.4 Å². The quantitative estimate of drug-likeness (QED) is 0.820. The maximum absolute atomic E-state index is 13.5. The molecule has 0 aliphatic rings. The Balaban J connectivity index is 2.13. The van der Waals surface area contributed by atoms with Crippen molar-refractivity contribution in [3.05, 3.63) is 52.9 Å². The van der Waals surface area contributed by atoms with Gasteiger partial charge in [-0.05, 0) is 31.5 Å². The van der Waals surface area contributed by atoms with E-state index in [9.17, 15) is 13.6 Å². The third-order valence-electron chi connectivity index (χ3n) is 3.39. The van der Waals surface area contributed by atoms with Crippen molar-refractivity contribution in [1.29, 1.82) is 0 Å². The summed E-state index contributed by atoms with van der Waals surface area (Å²) < 4.78 is 28.8. The van der Waals surface area contributed by atoms with Gasteiger partial charge < -0.3 is 0 Å². The molecular weight excluding hydrogens is 274 g/mol. The molecule has 0 aliphatic carbocycles. The summed E-state index contributed by atoms with van der Waals surface area (Å²) in [6.45, 7) is 4.59. The Labute approximate surface area is 122 Å².